The molecular weight excluding hydrogens is 330 g/mol. The van der Waals surface area contributed by atoms with Crippen molar-refractivity contribution in [3.63, 3.8) is 0 Å². The molecule has 0 aliphatic heterocycles. The van der Waals surface area contributed by atoms with Gasteiger partial charge in [-0.05, 0) is 31.5 Å². The third-order valence-corrected chi connectivity index (χ3v) is 3.90. The molecule has 132 valence electrons. The number of pyridine rings is 1. The molecule has 0 aliphatic carbocycles. The van der Waals surface area contributed by atoms with Crippen LogP contribution in [0.5, 0.6) is 0 Å². The molecule has 3 rings (SSSR count). The lowest BCUT2D eigenvalue weighted by Gasteiger charge is -2.26. The van der Waals surface area contributed by atoms with Gasteiger partial charge in [0.15, 0.2) is 0 Å². The summed E-state index contributed by atoms with van der Waals surface area (Å²) < 4.78 is 1.59. The molecule has 3 aromatic rings. The fourth-order valence-electron chi connectivity index (χ4n) is 2.48. The molecule has 2 heterocycles. The zero-order valence-electron chi connectivity index (χ0n) is 14.5. The highest BCUT2D eigenvalue weighted by Crippen LogP contribution is 2.19. The molecule has 0 radical (unpaired) electrons. The third kappa shape index (κ3) is 3.94. The molecule has 7 nitrogen and oxygen atoms in total. The number of anilines is 1. The Bertz CT molecular complexity index is 904. The van der Waals surface area contributed by atoms with Crippen LogP contribution in [0.15, 0.2) is 67.3 Å². The molecule has 0 spiro atoms. The Balaban J connectivity index is 1.65. The van der Waals surface area contributed by atoms with Crippen molar-refractivity contribution in [2.45, 2.75) is 19.4 Å². The van der Waals surface area contributed by atoms with Gasteiger partial charge < -0.3 is 10.6 Å². The van der Waals surface area contributed by atoms with E-state index in [0.717, 1.165) is 11.3 Å². The summed E-state index contributed by atoms with van der Waals surface area (Å²) >= 11 is 0. The van der Waals surface area contributed by atoms with Gasteiger partial charge in [0.25, 0.3) is 0 Å². The summed E-state index contributed by atoms with van der Waals surface area (Å²) in [6.45, 7) is 3.68. The van der Waals surface area contributed by atoms with E-state index in [1.807, 2.05) is 44.2 Å². The second kappa shape index (κ2) is 7.18. The van der Waals surface area contributed by atoms with E-state index in [0.29, 0.717) is 5.69 Å². The number of hydrogen-bond donors (Lipinski definition) is 2. The molecule has 0 aliphatic rings. The van der Waals surface area contributed by atoms with E-state index >= 15 is 0 Å². The van der Waals surface area contributed by atoms with Crippen LogP contribution in [-0.2, 0) is 15.1 Å². The summed E-state index contributed by atoms with van der Waals surface area (Å²) in [5, 5.41) is 9.46. The molecule has 0 unspecified atom stereocenters. The fourth-order valence-corrected chi connectivity index (χ4v) is 2.48. The quantitative estimate of drug-likeness (QED) is 0.707. The highest BCUT2D eigenvalue weighted by molar-refractivity contribution is 6.39. The molecule has 0 atom stereocenters. The highest BCUT2D eigenvalue weighted by atomic mass is 16.2. The van der Waals surface area contributed by atoms with E-state index < -0.39 is 17.4 Å². The normalized spacial score (nSPS) is 11.0. The number of nitrogens with zero attached hydrogens (tertiary/aromatic N) is 3. The first-order valence-electron chi connectivity index (χ1n) is 8.10. The van der Waals surface area contributed by atoms with Gasteiger partial charge in [-0.15, -0.1) is 0 Å². The maximum Gasteiger partial charge on any atom is 0.313 e. The smallest absolute Gasteiger partial charge is 0.313 e. The van der Waals surface area contributed by atoms with Crippen LogP contribution in [0.25, 0.3) is 5.69 Å². The van der Waals surface area contributed by atoms with Gasteiger partial charge in [0.2, 0.25) is 0 Å². The maximum absolute atomic E-state index is 12.3. The van der Waals surface area contributed by atoms with E-state index in [4.69, 9.17) is 0 Å². The second-order valence-corrected chi connectivity index (χ2v) is 6.28. The minimum atomic E-state index is -0.747. The highest BCUT2D eigenvalue weighted by Gasteiger charge is 2.26. The summed E-state index contributed by atoms with van der Waals surface area (Å²) in [4.78, 5) is 28.4. The van der Waals surface area contributed by atoms with Crippen molar-refractivity contribution >= 4 is 17.5 Å². The minimum Gasteiger partial charge on any atom is -0.339 e. The van der Waals surface area contributed by atoms with E-state index in [9.17, 15) is 9.59 Å². The second-order valence-electron chi connectivity index (χ2n) is 6.28. The van der Waals surface area contributed by atoms with E-state index in [1.54, 1.807) is 35.4 Å². The van der Waals surface area contributed by atoms with Crippen molar-refractivity contribution in [2.24, 2.45) is 0 Å². The van der Waals surface area contributed by atoms with Crippen LogP contribution in [0, 0.1) is 0 Å². The molecular formula is C19H19N5O2. The number of carbonyl (C=O) groups is 2. The average molecular weight is 349 g/mol. The summed E-state index contributed by atoms with van der Waals surface area (Å²) in [7, 11) is 0. The lowest BCUT2D eigenvalue weighted by Crippen LogP contribution is -2.46. The van der Waals surface area contributed by atoms with Gasteiger partial charge in [-0.2, -0.15) is 5.10 Å². The Hall–Kier alpha value is -3.48. The number of hydrogen-bond acceptors (Lipinski definition) is 4. The first-order valence-corrected chi connectivity index (χ1v) is 8.10. The summed E-state index contributed by atoms with van der Waals surface area (Å²) in [5.74, 6) is -1.46. The Morgan fingerprint density at radius 2 is 1.69 bits per heavy atom. The lowest BCUT2D eigenvalue weighted by atomic mass is 9.94. The zero-order chi connectivity index (χ0) is 18.6. The Kier molecular flexibility index (Phi) is 4.79. The van der Waals surface area contributed by atoms with Gasteiger partial charge in [-0.1, -0.05) is 30.3 Å². The summed E-state index contributed by atoms with van der Waals surface area (Å²) in [6, 6.07) is 13.0. The van der Waals surface area contributed by atoms with Crippen LogP contribution in [-0.4, -0.2) is 26.6 Å². The van der Waals surface area contributed by atoms with Gasteiger partial charge in [-0.3, -0.25) is 14.6 Å². The number of rotatable bonds is 4. The van der Waals surface area contributed by atoms with Crippen molar-refractivity contribution in [1.82, 2.24) is 20.1 Å². The third-order valence-electron chi connectivity index (χ3n) is 3.90. The number of nitrogens with one attached hydrogen (secondary N) is 2. The minimum absolute atomic E-state index is 0.430. The lowest BCUT2D eigenvalue weighted by molar-refractivity contribution is -0.137. The van der Waals surface area contributed by atoms with Gasteiger partial charge in [0.05, 0.1) is 29.3 Å². The summed E-state index contributed by atoms with van der Waals surface area (Å²) in [5.41, 5.74) is 1.47. The Morgan fingerprint density at radius 1 is 1.00 bits per heavy atom. The predicted molar refractivity (Wildman–Crippen MR) is 97.6 cm³/mol. The van der Waals surface area contributed by atoms with Gasteiger partial charge in [0.1, 0.15) is 0 Å². The van der Waals surface area contributed by atoms with Gasteiger partial charge >= 0.3 is 11.8 Å². The van der Waals surface area contributed by atoms with Crippen molar-refractivity contribution < 1.29 is 9.59 Å². The number of benzene rings is 1. The van der Waals surface area contributed by atoms with Crippen LogP contribution < -0.4 is 10.6 Å². The zero-order valence-corrected chi connectivity index (χ0v) is 14.5. The number of carbonyl (C=O) groups excluding carboxylic acids is 2. The Labute approximate surface area is 151 Å². The van der Waals surface area contributed by atoms with Crippen molar-refractivity contribution in [1.29, 1.82) is 0 Å². The predicted octanol–water partition coefficient (Wildman–Crippen LogP) is 2.26. The van der Waals surface area contributed by atoms with Crippen LogP contribution >= 0.6 is 0 Å². The molecule has 2 aromatic heterocycles. The molecule has 7 heteroatoms. The molecule has 2 amide bonds. The first-order chi connectivity index (χ1) is 12.5. The summed E-state index contributed by atoms with van der Waals surface area (Å²) in [6.07, 6.45) is 6.40. The van der Waals surface area contributed by atoms with E-state index in [-0.39, 0.29) is 0 Å². The molecule has 1 aromatic carbocycles. The van der Waals surface area contributed by atoms with Gasteiger partial charge in [0, 0.05) is 12.4 Å². The molecule has 26 heavy (non-hydrogen) atoms. The largest absolute Gasteiger partial charge is 0.339 e. The van der Waals surface area contributed by atoms with Crippen molar-refractivity contribution in [2.75, 3.05) is 5.32 Å². The molecule has 0 fully saturated rings. The number of amides is 2. The fraction of sp³-hybridized carbons (Fsp3) is 0.158. The standard InChI is InChI=1S/C19H19N5O2/c1-19(2,14-6-4-3-5-7-14)23-18(26)17(25)22-15-12-21-24(13-15)16-8-10-20-11-9-16/h3-13H,1-2H3,(H,22,25)(H,23,26). The Morgan fingerprint density at radius 3 is 2.38 bits per heavy atom. The van der Waals surface area contributed by atoms with Crippen molar-refractivity contribution in [3.05, 3.63) is 72.8 Å². The molecule has 0 saturated carbocycles. The van der Waals surface area contributed by atoms with Crippen LogP contribution in [0.2, 0.25) is 0 Å². The van der Waals surface area contributed by atoms with E-state index in [1.165, 1.54) is 6.20 Å². The average Bonchev–Trinajstić information content (AvgIpc) is 3.11. The molecule has 2 N–H and O–H groups in total. The first kappa shape index (κ1) is 17.3. The maximum atomic E-state index is 12.3. The monoisotopic (exact) mass is 349 g/mol. The molecule has 0 saturated heterocycles. The van der Waals surface area contributed by atoms with Crippen molar-refractivity contribution in [3.8, 4) is 5.69 Å². The number of aromatic nitrogens is 3. The SMILES string of the molecule is CC(C)(NC(=O)C(=O)Nc1cnn(-c2ccncc2)c1)c1ccccc1. The van der Waals surface area contributed by atoms with E-state index in [2.05, 4.69) is 20.7 Å². The van der Waals surface area contributed by atoms with Crippen LogP contribution in [0.1, 0.15) is 19.4 Å². The van der Waals surface area contributed by atoms with Gasteiger partial charge in [-0.25, -0.2) is 4.68 Å². The topological polar surface area (TPSA) is 88.9 Å². The van der Waals surface area contributed by atoms with Crippen LogP contribution in [0.3, 0.4) is 0 Å². The van der Waals surface area contributed by atoms with Crippen LogP contribution in [0.4, 0.5) is 5.69 Å². The molecule has 0 bridgehead atoms.